The molecule has 0 spiro atoms. The third-order valence-electron chi connectivity index (χ3n) is 3.30. The fraction of sp³-hybridized carbons (Fsp3) is 0.308. The molecule has 0 amide bonds. The Hall–Kier alpha value is -2.02. The monoisotopic (exact) mass is 289 g/mol. The van der Waals surface area contributed by atoms with E-state index in [0.717, 1.165) is 11.0 Å². The lowest BCUT2D eigenvalue weighted by atomic mass is 10.3. The zero-order valence-corrected chi connectivity index (χ0v) is 11.4. The molecule has 4 rings (SSSR count). The van der Waals surface area contributed by atoms with Gasteiger partial charge in [-0.25, -0.2) is 14.4 Å². The SMILES string of the molecule is Fc1cccc2[nH]c(CNc3nc(C4CC4)ns3)nc12. The molecule has 2 N–H and O–H groups in total. The third kappa shape index (κ3) is 2.14. The smallest absolute Gasteiger partial charge is 0.202 e. The van der Waals surface area contributed by atoms with Gasteiger partial charge in [-0.1, -0.05) is 6.07 Å². The topological polar surface area (TPSA) is 66.5 Å². The first-order chi connectivity index (χ1) is 9.79. The summed E-state index contributed by atoms with van der Waals surface area (Å²) in [5, 5.41) is 3.96. The highest BCUT2D eigenvalue weighted by molar-refractivity contribution is 7.09. The lowest BCUT2D eigenvalue weighted by molar-refractivity contribution is 0.637. The summed E-state index contributed by atoms with van der Waals surface area (Å²) in [6, 6.07) is 4.89. The van der Waals surface area contributed by atoms with E-state index >= 15 is 0 Å². The van der Waals surface area contributed by atoms with Gasteiger partial charge in [0, 0.05) is 17.5 Å². The molecular formula is C13H12FN5S. The van der Waals surface area contributed by atoms with Crippen molar-refractivity contribution in [1.29, 1.82) is 0 Å². The Balaban J connectivity index is 1.50. The van der Waals surface area contributed by atoms with Crippen molar-refractivity contribution in [2.75, 3.05) is 5.32 Å². The second-order valence-corrected chi connectivity index (χ2v) is 5.66. The zero-order valence-electron chi connectivity index (χ0n) is 10.6. The van der Waals surface area contributed by atoms with Crippen LogP contribution < -0.4 is 5.32 Å². The fourth-order valence-electron chi connectivity index (χ4n) is 2.11. The largest absolute Gasteiger partial charge is 0.353 e. The molecule has 7 heteroatoms. The number of halogens is 1. The molecule has 2 heterocycles. The van der Waals surface area contributed by atoms with Crippen molar-refractivity contribution >= 4 is 27.7 Å². The predicted molar refractivity (Wildman–Crippen MR) is 75.3 cm³/mol. The molecule has 0 saturated heterocycles. The summed E-state index contributed by atoms with van der Waals surface area (Å²) < 4.78 is 17.9. The van der Waals surface area contributed by atoms with Crippen molar-refractivity contribution < 1.29 is 4.39 Å². The van der Waals surface area contributed by atoms with Gasteiger partial charge in [-0.3, -0.25) is 0 Å². The second-order valence-electron chi connectivity index (χ2n) is 4.91. The molecule has 0 aliphatic heterocycles. The van der Waals surface area contributed by atoms with Gasteiger partial charge in [0.2, 0.25) is 5.13 Å². The number of nitrogens with zero attached hydrogens (tertiary/aromatic N) is 3. The summed E-state index contributed by atoms with van der Waals surface area (Å²) in [6.07, 6.45) is 2.39. The molecule has 1 aliphatic carbocycles. The first-order valence-electron chi connectivity index (χ1n) is 6.50. The van der Waals surface area contributed by atoms with Gasteiger partial charge < -0.3 is 10.3 Å². The average molecular weight is 289 g/mol. The average Bonchev–Trinajstić information content (AvgIpc) is 3.03. The van der Waals surface area contributed by atoms with Gasteiger partial charge in [-0.05, 0) is 25.0 Å². The van der Waals surface area contributed by atoms with Crippen LogP contribution >= 0.6 is 11.5 Å². The summed E-state index contributed by atoms with van der Waals surface area (Å²) in [4.78, 5) is 11.8. The van der Waals surface area contributed by atoms with Crippen LogP contribution in [0.5, 0.6) is 0 Å². The summed E-state index contributed by atoms with van der Waals surface area (Å²) >= 11 is 1.36. The lowest BCUT2D eigenvalue weighted by Crippen LogP contribution is -2.00. The Labute approximate surface area is 118 Å². The second kappa shape index (κ2) is 4.52. The lowest BCUT2D eigenvalue weighted by Gasteiger charge is -1.97. The highest BCUT2D eigenvalue weighted by Gasteiger charge is 2.27. The number of aromatic amines is 1. The molecule has 102 valence electrons. The highest BCUT2D eigenvalue weighted by Crippen LogP contribution is 2.39. The normalized spacial score (nSPS) is 14.8. The molecule has 1 aliphatic rings. The molecule has 3 aromatic rings. The van der Waals surface area contributed by atoms with E-state index in [1.807, 2.05) is 6.07 Å². The van der Waals surface area contributed by atoms with Crippen molar-refractivity contribution in [3.63, 3.8) is 0 Å². The van der Waals surface area contributed by atoms with Gasteiger partial charge in [-0.15, -0.1) is 0 Å². The molecule has 0 radical (unpaired) electrons. The Morgan fingerprint density at radius 3 is 3.05 bits per heavy atom. The number of fused-ring (bicyclic) bond motifs is 1. The van der Waals surface area contributed by atoms with E-state index in [-0.39, 0.29) is 5.82 Å². The number of rotatable bonds is 4. The molecule has 1 saturated carbocycles. The van der Waals surface area contributed by atoms with Crippen LogP contribution in [0.4, 0.5) is 9.52 Å². The molecular weight excluding hydrogens is 277 g/mol. The molecule has 1 fully saturated rings. The van der Waals surface area contributed by atoms with Crippen LogP contribution in [0.25, 0.3) is 11.0 Å². The van der Waals surface area contributed by atoms with Gasteiger partial charge in [-0.2, -0.15) is 4.37 Å². The molecule has 5 nitrogen and oxygen atoms in total. The van der Waals surface area contributed by atoms with Crippen LogP contribution in [-0.4, -0.2) is 19.3 Å². The molecule has 2 aromatic heterocycles. The summed E-state index contributed by atoms with van der Waals surface area (Å²) in [6.45, 7) is 0.480. The molecule has 0 atom stereocenters. The van der Waals surface area contributed by atoms with Gasteiger partial charge in [0.05, 0.1) is 12.1 Å². The van der Waals surface area contributed by atoms with Crippen LogP contribution in [0.1, 0.15) is 30.4 Å². The number of anilines is 1. The summed E-state index contributed by atoms with van der Waals surface area (Å²) in [5.41, 5.74) is 1.08. The van der Waals surface area contributed by atoms with Crippen molar-refractivity contribution in [1.82, 2.24) is 19.3 Å². The number of hydrogen-bond donors (Lipinski definition) is 2. The summed E-state index contributed by atoms with van der Waals surface area (Å²) in [7, 11) is 0. The number of nitrogens with one attached hydrogen (secondary N) is 2. The maximum absolute atomic E-state index is 13.5. The van der Waals surface area contributed by atoms with Crippen molar-refractivity contribution in [3.05, 3.63) is 35.7 Å². The van der Waals surface area contributed by atoms with E-state index in [1.165, 1.54) is 30.4 Å². The quantitative estimate of drug-likeness (QED) is 0.774. The number of imidazole rings is 1. The minimum absolute atomic E-state index is 0.308. The Morgan fingerprint density at radius 2 is 2.25 bits per heavy atom. The van der Waals surface area contributed by atoms with E-state index in [0.29, 0.717) is 29.3 Å². The van der Waals surface area contributed by atoms with Gasteiger partial charge >= 0.3 is 0 Å². The number of hydrogen-bond acceptors (Lipinski definition) is 5. The van der Waals surface area contributed by atoms with E-state index in [4.69, 9.17) is 0 Å². The van der Waals surface area contributed by atoms with Crippen LogP contribution in [-0.2, 0) is 6.54 Å². The molecule has 0 bridgehead atoms. The highest BCUT2D eigenvalue weighted by atomic mass is 32.1. The molecule has 20 heavy (non-hydrogen) atoms. The van der Waals surface area contributed by atoms with Gasteiger partial charge in [0.25, 0.3) is 0 Å². The Morgan fingerprint density at radius 1 is 1.35 bits per heavy atom. The first kappa shape index (κ1) is 11.8. The van der Waals surface area contributed by atoms with Gasteiger partial charge in [0.15, 0.2) is 5.82 Å². The minimum atomic E-state index is -0.308. The summed E-state index contributed by atoms with van der Waals surface area (Å²) in [5.74, 6) is 1.88. The van der Waals surface area contributed by atoms with Gasteiger partial charge in [0.1, 0.15) is 17.2 Å². The van der Waals surface area contributed by atoms with Crippen LogP contribution in [0.3, 0.4) is 0 Å². The zero-order chi connectivity index (χ0) is 13.5. The minimum Gasteiger partial charge on any atom is -0.353 e. The van der Waals surface area contributed by atoms with E-state index < -0.39 is 0 Å². The van der Waals surface area contributed by atoms with Crippen molar-refractivity contribution in [3.8, 4) is 0 Å². The van der Waals surface area contributed by atoms with Crippen molar-refractivity contribution in [2.45, 2.75) is 25.3 Å². The Bertz CT molecular complexity index is 761. The van der Waals surface area contributed by atoms with E-state index in [9.17, 15) is 4.39 Å². The third-order valence-corrected chi connectivity index (χ3v) is 3.99. The standard InChI is InChI=1S/C13H12FN5S/c14-8-2-1-3-9-11(8)17-10(16-9)6-15-13-18-12(19-20-13)7-4-5-7/h1-3,7H,4-6H2,(H,16,17)(H,15,18,19). The maximum atomic E-state index is 13.5. The van der Waals surface area contributed by atoms with E-state index in [1.54, 1.807) is 6.07 Å². The predicted octanol–water partition coefficient (Wildman–Crippen LogP) is 3.04. The van der Waals surface area contributed by atoms with E-state index in [2.05, 4.69) is 24.6 Å². The van der Waals surface area contributed by atoms with Crippen LogP contribution in [0.2, 0.25) is 0 Å². The first-order valence-corrected chi connectivity index (χ1v) is 7.27. The fourth-order valence-corrected chi connectivity index (χ4v) is 2.75. The van der Waals surface area contributed by atoms with Crippen LogP contribution in [0, 0.1) is 5.82 Å². The van der Waals surface area contributed by atoms with Crippen LogP contribution in [0.15, 0.2) is 18.2 Å². The number of H-pyrrole nitrogens is 1. The van der Waals surface area contributed by atoms with Crippen molar-refractivity contribution in [2.24, 2.45) is 0 Å². The Kier molecular flexibility index (Phi) is 2.66. The number of para-hydroxylation sites is 1. The molecule has 0 unspecified atom stereocenters. The molecule has 1 aromatic carbocycles. The maximum Gasteiger partial charge on any atom is 0.202 e. The number of aromatic nitrogens is 4. The number of benzene rings is 1.